The molecule has 1 N–H and O–H groups in total. The average Bonchev–Trinajstić information content (AvgIpc) is 3.17. The fourth-order valence-electron chi connectivity index (χ4n) is 3.58. The summed E-state index contributed by atoms with van der Waals surface area (Å²) in [6.07, 6.45) is 4.68. The third kappa shape index (κ3) is 4.33. The number of nitrogens with one attached hydrogen (secondary N) is 1. The van der Waals surface area contributed by atoms with E-state index in [9.17, 15) is 14.0 Å². The Balaban J connectivity index is 1.66. The summed E-state index contributed by atoms with van der Waals surface area (Å²) in [7, 11) is 0. The molecule has 142 valence electrons. The number of anilines is 1. The molecule has 0 unspecified atom stereocenters. The molecule has 4 nitrogen and oxygen atoms in total. The van der Waals surface area contributed by atoms with Gasteiger partial charge in [-0.2, -0.15) is 0 Å². The first kappa shape index (κ1) is 19.4. The third-order valence-electron chi connectivity index (χ3n) is 4.93. The molecule has 2 aromatic carbocycles. The van der Waals surface area contributed by atoms with E-state index in [-0.39, 0.29) is 0 Å². The van der Waals surface area contributed by atoms with Crippen molar-refractivity contribution in [1.29, 1.82) is 0 Å². The molecule has 0 radical (unpaired) electrons. The molecule has 1 fully saturated rings. The van der Waals surface area contributed by atoms with Crippen LogP contribution in [-0.2, 0) is 19.7 Å². The summed E-state index contributed by atoms with van der Waals surface area (Å²) in [4.78, 5) is 26.0. The lowest BCUT2D eigenvalue weighted by Gasteiger charge is -2.27. The van der Waals surface area contributed by atoms with Gasteiger partial charge in [0.1, 0.15) is 5.82 Å². The topological polar surface area (TPSA) is 55.4 Å². The van der Waals surface area contributed by atoms with Crippen LogP contribution in [0.25, 0.3) is 0 Å². The summed E-state index contributed by atoms with van der Waals surface area (Å²) in [5.74, 6) is -1.35. The van der Waals surface area contributed by atoms with Gasteiger partial charge in [0.15, 0.2) is 6.61 Å². The Kier molecular flexibility index (Phi) is 6.16. The molecule has 0 saturated heterocycles. The van der Waals surface area contributed by atoms with E-state index in [4.69, 9.17) is 4.74 Å². The predicted octanol–water partition coefficient (Wildman–Crippen LogP) is 4.54. The number of thioether (sulfide) groups is 1. The molecular weight excluding hydrogens is 365 g/mol. The van der Waals surface area contributed by atoms with Crippen LogP contribution in [0.2, 0.25) is 0 Å². The molecule has 1 amide bonds. The van der Waals surface area contributed by atoms with E-state index in [1.54, 1.807) is 36.0 Å². The molecule has 1 saturated carbocycles. The van der Waals surface area contributed by atoms with Crippen LogP contribution in [-0.4, -0.2) is 24.7 Å². The predicted molar refractivity (Wildman–Crippen MR) is 104 cm³/mol. The quantitative estimate of drug-likeness (QED) is 0.584. The lowest BCUT2D eigenvalue weighted by molar-refractivity contribution is -0.153. The Morgan fingerprint density at radius 3 is 2.59 bits per heavy atom. The number of carbonyl (C=O) groups is 2. The van der Waals surface area contributed by atoms with Crippen LogP contribution < -0.4 is 5.32 Å². The summed E-state index contributed by atoms with van der Waals surface area (Å²) in [5.41, 5.74) is 0.0119. The Morgan fingerprint density at radius 1 is 1.15 bits per heavy atom. The standard InChI is InChI=1S/C21H22FNO3S/c1-27-16-8-6-7-15(13-16)23-19(24)14-26-20(25)21(11-4-5-12-21)17-9-2-3-10-18(17)22/h2-3,6-10,13H,4-5,11-12,14H2,1H3,(H,23,24). The zero-order chi connectivity index (χ0) is 19.3. The fraction of sp³-hybridized carbons (Fsp3) is 0.333. The van der Waals surface area contributed by atoms with Crippen molar-refractivity contribution in [2.24, 2.45) is 0 Å². The minimum atomic E-state index is -0.996. The Bertz CT molecular complexity index is 834. The van der Waals surface area contributed by atoms with E-state index in [1.165, 1.54) is 6.07 Å². The van der Waals surface area contributed by atoms with Gasteiger partial charge >= 0.3 is 5.97 Å². The largest absolute Gasteiger partial charge is 0.455 e. The highest BCUT2D eigenvalue weighted by molar-refractivity contribution is 7.98. The molecule has 0 aliphatic heterocycles. The van der Waals surface area contributed by atoms with Crippen LogP contribution in [0.1, 0.15) is 31.2 Å². The van der Waals surface area contributed by atoms with Gasteiger partial charge in [0.05, 0.1) is 5.41 Å². The fourth-order valence-corrected chi connectivity index (χ4v) is 4.04. The van der Waals surface area contributed by atoms with E-state index in [2.05, 4.69) is 5.32 Å². The minimum absolute atomic E-state index is 0.362. The van der Waals surface area contributed by atoms with E-state index < -0.39 is 29.7 Å². The monoisotopic (exact) mass is 387 g/mol. The van der Waals surface area contributed by atoms with Crippen LogP contribution in [0.3, 0.4) is 0 Å². The molecule has 1 aliphatic rings. The van der Waals surface area contributed by atoms with Crippen molar-refractivity contribution in [1.82, 2.24) is 0 Å². The number of benzene rings is 2. The third-order valence-corrected chi connectivity index (χ3v) is 5.65. The molecule has 0 aromatic heterocycles. The number of hydrogen-bond donors (Lipinski definition) is 1. The van der Waals surface area contributed by atoms with Gasteiger partial charge < -0.3 is 10.1 Å². The van der Waals surface area contributed by atoms with Crippen molar-refractivity contribution in [2.45, 2.75) is 36.0 Å². The summed E-state index contributed by atoms with van der Waals surface area (Å²) < 4.78 is 19.6. The zero-order valence-corrected chi connectivity index (χ0v) is 16.0. The van der Waals surface area contributed by atoms with Gasteiger partial charge in [0, 0.05) is 16.1 Å². The molecule has 1 aliphatic carbocycles. The maximum atomic E-state index is 14.3. The number of carbonyl (C=O) groups excluding carboxylic acids is 2. The van der Waals surface area contributed by atoms with Crippen LogP contribution in [0.15, 0.2) is 53.4 Å². The van der Waals surface area contributed by atoms with Crippen molar-refractivity contribution in [2.75, 3.05) is 18.2 Å². The Labute approximate surface area is 162 Å². The molecule has 0 bridgehead atoms. The van der Waals surface area contributed by atoms with Gasteiger partial charge in [-0.1, -0.05) is 37.1 Å². The highest BCUT2D eigenvalue weighted by Crippen LogP contribution is 2.43. The molecule has 2 aromatic rings. The number of rotatable bonds is 6. The summed E-state index contributed by atoms with van der Waals surface area (Å²) in [6.45, 7) is -0.390. The van der Waals surface area contributed by atoms with Crippen LogP contribution in [0, 0.1) is 5.82 Å². The summed E-state index contributed by atoms with van der Waals surface area (Å²) in [6, 6.07) is 13.7. The van der Waals surface area contributed by atoms with Gasteiger partial charge in [-0.05, 0) is 43.4 Å². The normalized spacial score (nSPS) is 15.3. The van der Waals surface area contributed by atoms with Gasteiger partial charge in [-0.3, -0.25) is 9.59 Å². The summed E-state index contributed by atoms with van der Waals surface area (Å²) in [5, 5.41) is 2.72. The molecule has 3 rings (SSSR count). The van der Waals surface area contributed by atoms with Crippen LogP contribution in [0.4, 0.5) is 10.1 Å². The lowest BCUT2D eigenvalue weighted by atomic mass is 9.78. The molecular formula is C21H22FNO3S. The average molecular weight is 387 g/mol. The first-order valence-electron chi connectivity index (χ1n) is 8.91. The highest BCUT2D eigenvalue weighted by atomic mass is 32.2. The first-order chi connectivity index (χ1) is 13.0. The van der Waals surface area contributed by atoms with Gasteiger partial charge in [-0.15, -0.1) is 11.8 Å². The molecule has 0 atom stereocenters. The maximum Gasteiger partial charge on any atom is 0.317 e. The van der Waals surface area contributed by atoms with Crippen molar-refractivity contribution in [3.05, 3.63) is 59.9 Å². The van der Waals surface area contributed by atoms with Gasteiger partial charge in [0.2, 0.25) is 0 Å². The minimum Gasteiger partial charge on any atom is -0.455 e. The molecule has 6 heteroatoms. The van der Waals surface area contributed by atoms with Crippen LogP contribution >= 0.6 is 11.8 Å². The first-order valence-corrected chi connectivity index (χ1v) is 10.1. The smallest absolute Gasteiger partial charge is 0.317 e. The van der Waals surface area contributed by atoms with E-state index in [0.717, 1.165) is 17.7 Å². The van der Waals surface area contributed by atoms with Crippen molar-refractivity contribution >= 4 is 29.3 Å². The van der Waals surface area contributed by atoms with E-state index in [1.807, 2.05) is 24.5 Å². The second-order valence-electron chi connectivity index (χ2n) is 6.63. The highest BCUT2D eigenvalue weighted by Gasteiger charge is 2.45. The van der Waals surface area contributed by atoms with Crippen molar-refractivity contribution < 1.29 is 18.7 Å². The molecule has 0 spiro atoms. The summed E-state index contributed by atoms with van der Waals surface area (Å²) >= 11 is 1.57. The second-order valence-corrected chi connectivity index (χ2v) is 7.50. The van der Waals surface area contributed by atoms with E-state index >= 15 is 0 Å². The number of amides is 1. The number of hydrogen-bond acceptors (Lipinski definition) is 4. The Morgan fingerprint density at radius 2 is 1.89 bits per heavy atom. The molecule has 0 heterocycles. The van der Waals surface area contributed by atoms with E-state index in [0.29, 0.717) is 24.1 Å². The Hall–Kier alpha value is -2.34. The van der Waals surface area contributed by atoms with Gasteiger partial charge in [-0.25, -0.2) is 4.39 Å². The van der Waals surface area contributed by atoms with Crippen LogP contribution in [0.5, 0.6) is 0 Å². The number of halogens is 1. The molecule has 27 heavy (non-hydrogen) atoms. The second kappa shape index (κ2) is 8.57. The maximum absolute atomic E-state index is 14.3. The van der Waals surface area contributed by atoms with Gasteiger partial charge in [0.25, 0.3) is 5.91 Å². The van der Waals surface area contributed by atoms with Crippen molar-refractivity contribution in [3.8, 4) is 0 Å². The SMILES string of the molecule is CSc1cccc(NC(=O)COC(=O)C2(c3ccccc3F)CCCC2)c1. The number of esters is 1. The zero-order valence-electron chi connectivity index (χ0n) is 15.2. The lowest BCUT2D eigenvalue weighted by Crippen LogP contribution is -2.37. The van der Waals surface area contributed by atoms with Crippen molar-refractivity contribution in [3.63, 3.8) is 0 Å². The number of ether oxygens (including phenoxy) is 1.